The van der Waals surface area contributed by atoms with Crippen LogP contribution in [0.3, 0.4) is 0 Å². The molecule has 1 heterocycles. The maximum Gasteiger partial charge on any atom is 0.364 e. The highest BCUT2D eigenvalue weighted by molar-refractivity contribution is 6.06. The lowest BCUT2D eigenvalue weighted by Gasteiger charge is -2.09. The molecule has 0 bridgehead atoms. The molecule has 7 nitrogen and oxygen atoms in total. The Labute approximate surface area is 142 Å². The number of carbonyl (C=O) groups is 1. The first-order valence-corrected chi connectivity index (χ1v) is 7.52. The van der Waals surface area contributed by atoms with Crippen molar-refractivity contribution in [2.45, 2.75) is 6.92 Å². The van der Waals surface area contributed by atoms with Crippen LogP contribution in [-0.2, 0) is 0 Å². The highest BCUT2D eigenvalue weighted by Gasteiger charge is 2.18. The number of benzene rings is 2. The number of ether oxygens (including phenoxy) is 1. The Bertz CT molecular complexity index is 1010. The molecule has 1 aromatic heterocycles. The molecule has 3 aromatic rings. The van der Waals surface area contributed by atoms with Crippen LogP contribution in [0, 0.1) is 0 Å². The number of carbonyl (C=O) groups excluding carboxylic acids is 1. The van der Waals surface area contributed by atoms with Crippen molar-refractivity contribution in [3.05, 3.63) is 58.4 Å². The lowest BCUT2D eigenvalue weighted by Crippen LogP contribution is -2.18. The number of aromatic hydroxyl groups is 2. The lowest BCUT2D eigenvalue weighted by molar-refractivity contribution is 0.102. The number of phenolic OH excluding ortho intramolecular Hbond substituents is 1. The van der Waals surface area contributed by atoms with Crippen molar-refractivity contribution >= 4 is 22.6 Å². The lowest BCUT2D eigenvalue weighted by atomic mass is 10.1. The maximum absolute atomic E-state index is 12.4. The van der Waals surface area contributed by atoms with Crippen LogP contribution in [0.2, 0.25) is 0 Å². The SMILES string of the molecule is CCOc1cccc(C(=O)Nc2c(O)c3ccc(O)cc3oc2=O)c1. The Morgan fingerprint density at radius 2 is 2.00 bits per heavy atom. The van der Waals surface area contributed by atoms with E-state index in [4.69, 9.17) is 9.15 Å². The van der Waals surface area contributed by atoms with E-state index in [2.05, 4.69) is 5.32 Å². The van der Waals surface area contributed by atoms with Crippen molar-refractivity contribution in [2.24, 2.45) is 0 Å². The smallest absolute Gasteiger partial charge is 0.364 e. The fourth-order valence-electron chi connectivity index (χ4n) is 2.36. The highest BCUT2D eigenvalue weighted by Crippen LogP contribution is 2.31. The molecule has 3 N–H and O–H groups in total. The third kappa shape index (κ3) is 3.25. The molecule has 0 aliphatic carbocycles. The largest absolute Gasteiger partial charge is 0.508 e. The van der Waals surface area contributed by atoms with Gasteiger partial charge in [-0.25, -0.2) is 4.79 Å². The molecule has 3 rings (SSSR count). The molecule has 25 heavy (non-hydrogen) atoms. The Morgan fingerprint density at radius 1 is 1.20 bits per heavy atom. The van der Waals surface area contributed by atoms with E-state index >= 15 is 0 Å². The average molecular weight is 341 g/mol. The second-order valence-corrected chi connectivity index (χ2v) is 5.21. The van der Waals surface area contributed by atoms with Gasteiger partial charge in [0.1, 0.15) is 17.1 Å². The first-order chi connectivity index (χ1) is 12.0. The van der Waals surface area contributed by atoms with Crippen molar-refractivity contribution in [1.82, 2.24) is 0 Å². The van der Waals surface area contributed by atoms with E-state index in [9.17, 15) is 19.8 Å². The van der Waals surface area contributed by atoms with E-state index in [1.807, 2.05) is 6.92 Å². The number of amides is 1. The van der Waals surface area contributed by atoms with Crippen molar-refractivity contribution < 1.29 is 24.2 Å². The van der Waals surface area contributed by atoms with E-state index in [0.717, 1.165) is 0 Å². The fourth-order valence-corrected chi connectivity index (χ4v) is 2.36. The molecule has 0 radical (unpaired) electrons. The molecule has 0 saturated heterocycles. The van der Waals surface area contributed by atoms with Gasteiger partial charge in [0.2, 0.25) is 0 Å². The number of hydrogen-bond acceptors (Lipinski definition) is 6. The van der Waals surface area contributed by atoms with Crippen LogP contribution < -0.4 is 15.7 Å². The zero-order chi connectivity index (χ0) is 18.0. The molecular formula is C18H15NO6. The van der Waals surface area contributed by atoms with Crippen LogP contribution in [0.15, 0.2) is 51.7 Å². The summed E-state index contributed by atoms with van der Waals surface area (Å²) < 4.78 is 10.4. The number of rotatable bonds is 4. The summed E-state index contributed by atoms with van der Waals surface area (Å²) >= 11 is 0. The monoisotopic (exact) mass is 341 g/mol. The summed E-state index contributed by atoms with van der Waals surface area (Å²) in [4.78, 5) is 24.4. The van der Waals surface area contributed by atoms with Gasteiger partial charge in [0, 0.05) is 11.6 Å². The van der Waals surface area contributed by atoms with Crippen molar-refractivity contribution in [1.29, 1.82) is 0 Å². The first kappa shape index (κ1) is 16.4. The molecule has 128 valence electrons. The summed E-state index contributed by atoms with van der Waals surface area (Å²) in [7, 11) is 0. The summed E-state index contributed by atoms with van der Waals surface area (Å²) in [5.41, 5.74) is -1.02. The Morgan fingerprint density at radius 3 is 2.76 bits per heavy atom. The second-order valence-electron chi connectivity index (χ2n) is 5.21. The third-order valence-electron chi connectivity index (χ3n) is 3.51. The maximum atomic E-state index is 12.4. The molecule has 0 aliphatic heterocycles. The zero-order valence-electron chi connectivity index (χ0n) is 13.3. The van der Waals surface area contributed by atoms with E-state index < -0.39 is 17.3 Å². The first-order valence-electron chi connectivity index (χ1n) is 7.52. The number of phenols is 1. The minimum atomic E-state index is -0.926. The molecular weight excluding hydrogens is 326 g/mol. The molecule has 0 saturated carbocycles. The van der Waals surface area contributed by atoms with Gasteiger partial charge in [0.15, 0.2) is 11.4 Å². The fraction of sp³-hybridized carbons (Fsp3) is 0.111. The van der Waals surface area contributed by atoms with Gasteiger partial charge in [-0.1, -0.05) is 6.07 Å². The van der Waals surface area contributed by atoms with Crippen molar-refractivity contribution in [3.63, 3.8) is 0 Å². The molecule has 0 unspecified atom stereocenters. The van der Waals surface area contributed by atoms with Gasteiger partial charge in [0.05, 0.1) is 12.0 Å². The van der Waals surface area contributed by atoms with Gasteiger partial charge in [-0.3, -0.25) is 4.79 Å². The minimum absolute atomic E-state index is 0.0128. The summed E-state index contributed by atoms with van der Waals surface area (Å²) in [5, 5.41) is 22.2. The van der Waals surface area contributed by atoms with Crippen LogP contribution in [0.1, 0.15) is 17.3 Å². The van der Waals surface area contributed by atoms with Crippen LogP contribution in [0.4, 0.5) is 5.69 Å². The normalized spacial score (nSPS) is 10.6. The van der Waals surface area contributed by atoms with Gasteiger partial charge in [-0.2, -0.15) is 0 Å². The van der Waals surface area contributed by atoms with Crippen LogP contribution in [0.25, 0.3) is 11.0 Å². The standard InChI is InChI=1S/C18H15NO6/c1-2-24-12-5-3-4-10(8-12)17(22)19-15-16(21)13-7-6-11(20)9-14(13)25-18(15)23/h3-9,20-21H,2H2,1H3,(H,19,22). The molecule has 0 fully saturated rings. The van der Waals surface area contributed by atoms with Gasteiger partial charge < -0.3 is 24.7 Å². The molecule has 2 aromatic carbocycles. The summed E-state index contributed by atoms with van der Waals surface area (Å²) in [6, 6.07) is 10.3. The Kier molecular flexibility index (Phi) is 4.30. The van der Waals surface area contributed by atoms with E-state index in [1.165, 1.54) is 24.3 Å². The highest BCUT2D eigenvalue weighted by atomic mass is 16.5. The van der Waals surface area contributed by atoms with Crippen molar-refractivity contribution in [2.75, 3.05) is 11.9 Å². The van der Waals surface area contributed by atoms with Gasteiger partial charge >= 0.3 is 5.63 Å². The quantitative estimate of drug-likeness (QED) is 0.630. The topological polar surface area (TPSA) is 109 Å². The number of nitrogens with one attached hydrogen (secondary N) is 1. The molecule has 1 amide bonds. The Hall–Kier alpha value is -3.48. The molecule has 0 aliphatic rings. The number of fused-ring (bicyclic) bond motifs is 1. The molecule has 0 spiro atoms. The number of hydrogen-bond donors (Lipinski definition) is 3. The van der Waals surface area contributed by atoms with Crippen molar-refractivity contribution in [3.8, 4) is 17.2 Å². The summed E-state index contributed by atoms with van der Waals surface area (Å²) in [5.74, 6) is -0.622. The molecule has 7 heteroatoms. The summed E-state index contributed by atoms with van der Waals surface area (Å²) in [6.07, 6.45) is 0. The van der Waals surface area contributed by atoms with E-state index in [0.29, 0.717) is 12.4 Å². The van der Waals surface area contributed by atoms with Crippen LogP contribution in [-0.4, -0.2) is 22.7 Å². The summed E-state index contributed by atoms with van der Waals surface area (Å²) in [6.45, 7) is 2.27. The second kappa shape index (κ2) is 6.56. The van der Waals surface area contributed by atoms with Crippen LogP contribution in [0.5, 0.6) is 17.2 Å². The van der Waals surface area contributed by atoms with Gasteiger partial charge in [0.25, 0.3) is 5.91 Å². The predicted octanol–water partition coefficient (Wildman–Crippen LogP) is 2.86. The number of anilines is 1. The third-order valence-corrected chi connectivity index (χ3v) is 3.51. The van der Waals surface area contributed by atoms with Crippen LogP contribution >= 0.6 is 0 Å². The van der Waals surface area contributed by atoms with Gasteiger partial charge in [-0.15, -0.1) is 0 Å². The van der Waals surface area contributed by atoms with E-state index in [-0.39, 0.29) is 28.0 Å². The van der Waals surface area contributed by atoms with E-state index in [1.54, 1.807) is 18.2 Å². The van der Waals surface area contributed by atoms with Gasteiger partial charge in [-0.05, 0) is 37.3 Å². The minimum Gasteiger partial charge on any atom is -0.508 e. The Balaban J connectivity index is 1.97. The average Bonchev–Trinajstić information content (AvgIpc) is 2.58. The zero-order valence-corrected chi connectivity index (χ0v) is 13.3. The predicted molar refractivity (Wildman–Crippen MR) is 91.4 cm³/mol. The molecule has 0 atom stereocenters.